The third-order valence-electron chi connectivity index (χ3n) is 7.83. The summed E-state index contributed by atoms with van der Waals surface area (Å²) in [6.45, 7) is 3.93. The Hall–Kier alpha value is -3.17. The first kappa shape index (κ1) is 26.4. The molecule has 38 heavy (non-hydrogen) atoms. The van der Waals surface area contributed by atoms with Crippen molar-refractivity contribution in [2.45, 2.75) is 57.2 Å². The summed E-state index contributed by atoms with van der Waals surface area (Å²) in [5.41, 5.74) is 3.65. The lowest BCUT2D eigenvalue weighted by atomic mass is 9.74. The van der Waals surface area contributed by atoms with Crippen LogP contribution < -0.4 is 14.4 Å². The monoisotopic (exact) mass is 521 g/mol. The number of aromatic nitrogens is 4. The fraction of sp³-hybridized carbons (Fsp3) is 0.552. The van der Waals surface area contributed by atoms with Crippen molar-refractivity contribution >= 4 is 5.69 Å². The average Bonchev–Trinajstić information content (AvgIpc) is 3.49. The third kappa shape index (κ3) is 6.63. The van der Waals surface area contributed by atoms with E-state index < -0.39 is 0 Å². The van der Waals surface area contributed by atoms with Crippen LogP contribution in [0.1, 0.15) is 55.0 Å². The molecule has 9 nitrogen and oxygen atoms in total. The fourth-order valence-electron chi connectivity index (χ4n) is 5.76. The Morgan fingerprint density at radius 2 is 2.00 bits per heavy atom. The number of nitrogens with zero attached hydrogens (tertiary/aromatic N) is 4. The average molecular weight is 522 g/mol. The van der Waals surface area contributed by atoms with Gasteiger partial charge in [0.15, 0.2) is 5.82 Å². The molecular weight excluding hydrogens is 482 g/mol. The maximum atomic E-state index is 6.67. The molecule has 1 aliphatic heterocycles. The number of anilines is 1. The van der Waals surface area contributed by atoms with Crippen LogP contribution in [0.25, 0.3) is 0 Å². The van der Waals surface area contributed by atoms with Crippen molar-refractivity contribution < 1.29 is 18.9 Å². The van der Waals surface area contributed by atoms with E-state index in [0.717, 1.165) is 87.8 Å². The number of hydrogen-bond donors (Lipinski definition) is 1. The van der Waals surface area contributed by atoms with E-state index in [-0.39, 0.29) is 6.10 Å². The van der Waals surface area contributed by atoms with Gasteiger partial charge >= 0.3 is 0 Å². The molecule has 1 N–H and O–H groups in total. The molecule has 0 spiro atoms. The molecule has 3 aromatic rings. The SMILES string of the molecule is COCCCN1CCOc2ccc(CO[C@H]3CC[C@@H](CCc4nn[nH]n4)C[C@@H]3c3ccc(OC)cc3)cc21. The van der Waals surface area contributed by atoms with Crippen molar-refractivity contribution in [3.63, 3.8) is 0 Å². The maximum Gasteiger partial charge on any atom is 0.174 e. The molecule has 1 fully saturated rings. The molecule has 1 saturated carbocycles. The van der Waals surface area contributed by atoms with Gasteiger partial charge < -0.3 is 23.8 Å². The van der Waals surface area contributed by atoms with Crippen LogP contribution in [0.15, 0.2) is 42.5 Å². The van der Waals surface area contributed by atoms with Crippen LogP contribution >= 0.6 is 0 Å². The summed E-state index contributed by atoms with van der Waals surface area (Å²) in [5.74, 6) is 3.55. The van der Waals surface area contributed by atoms with Crippen molar-refractivity contribution in [2.75, 3.05) is 45.4 Å². The van der Waals surface area contributed by atoms with Crippen molar-refractivity contribution in [3.05, 3.63) is 59.4 Å². The van der Waals surface area contributed by atoms with Gasteiger partial charge in [0.2, 0.25) is 0 Å². The number of H-pyrrole nitrogens is 1. The minimum absolute atomic E-state index is 0.162. The van der Waals surface area contributed by atoms with Gasteiger partial charge in [-0.15, -0.1) is 10.2 Å². The highest BCUT2D eigenvalue weighted by Crippen LogP contribution is 2.41. The third-order valence-corrected chi connectivity index (χ3v) is 7.83. The van der Waals surface area contributed by atoms with E-state index in [9.17, 15) is 0 Å². The van der Waals surface area contributed by atoms with Crippen LogP contribution in [0.4, 0.5) is 5.69 Å². The number of tetrazole rings is 1. The van der Waals surface area contributed by atoms with Crippen molar-refractivity contribution in [2.24, 2.45) is 5.92 Å². The summed E-state index contributed by atoms with van der Waals surface area (Å²) < 4.78 is 23.2. The Bertz CT molecular complexity index is 1120. The normalized spacial score (nSPS) is 21.1. The molecule has 2 aromatic carbocycles. The second kappa shape index (κ2) is 13.1. The van der Waals surface area contributed by atoms with Gasteiger partial charge in [-0.25, -0.2) is 0 Å². The number of benzene rings is 2. The maximum absolute atomic E-state index is 6.67. The Kier molecular flexibility index (Phi) is 9.09. The van der Waals surface area contributed by atoms with Crippen LogP contribution in [0.5, 0.6) is 11.5 Å². The summed E-state index contributed by atoms with van der Waals surface area (Å²) in [7, 11) is 3.46. The Balaban J connectivity index is 1.26. The fourth-order valence-corrected chi connectivity index (χ4v) is 5.76. The van der Waals surface area contributed by atoms with Gasteiger partial charge in [0.1, 0.15) is 18.1 Å². The van der Waals surface area contributed by atoms with Gasteiger partial charge in [-0.05, 0) is 73.4 Å². The zero-order valence-electron chi connectivity index (χ0n) is 22.5. The largest absolute Gasteiger partial charge is 0.497 e. The molecule has 0 bridgehead atoms. The topological polar surface area (TPSA) is 94.6 Å². The quantitative estimate of drug-likeness (QED) is 0.347. The molecule has 9 heteroatoms. The Morgan fingerprint density at radius 3 is 2.79 bits per heavy atom. The summed E-state index contributed by atoms with van der Waals surface area (Å²) in [5, 5.41) is 14.5. The van der Waals surface area contributed by atoms with Crippen LogP contribution in [0, 0.1) is 5.92 Å². The number of fused-ring (bicyclic) bond motifs is 1. The molecule has 1 aromatic heterocycles. The highest BCUT2D eigenvalue weighted by Gasteiger charge is 2.32. The summed E-state index contributed by atoms with van der Waals surface area (Å²) in [6.07, 6.45) is 6.32. The molecule has 0 unspecified atom stereocenters. The molecule has 204 valence electrons. The van der Waals surface area contributed by atoms with E-state index in [1.165, 1.54) is 11.1 Å². The number of methoxy groups -OCH3 is 2. The lowest BCUT2D eigenvalue weighted by molar-refractivity contribution is -0.00932. The van der Waals surface area contributed by atoms with Crippen molar-refractivity contribution in [1.29, 1.82) is 0 Å². The lowest BCUT2D eigenvalue weighted by Gasteiger charge is -2.37. The minimum atomic E-state index is 0.162. The lowest BCUT2D eigenvalue weighted by Crippen LogP contribution is -2.34. The standard InChI is InChI=1S/C29H39N5O4/c1-35-16-3-14-34-15-17-37-28-12-5-22(19-26(28)34)20-38-27-11-4-21(6-13-29-30-32-33-31-29)18-25(27)23-7-9-24(36-2)10-8-23/h5,7-10,12,19,21,25,27H,3-4,6,11,13-18,20H2,1-2H3,(H,30,31,32,33)/t21-,25+,27-/m0/s1. The molecule has 3 atom stereocenters. The van der Waals surface area contributed by atoms with Gasteiger partial charge in [0.25, 0.3) is 0 Å². The number of aryl methyl sites for hydroxylation is 1. The van der Waals surface area contributed by atoms with E-state index in [4.69, 9.17) is 18.9 Å². The van der Waals surface area contributed by atoms with Crippen LogP contribution in [-0.4, -0.2) is 67.3 Å². The molecule has 0 amide bonds. The van der Waals surface area contributed by atoms with E-state index >= 15 is 0 Å². The molecule has 5 rings (SSSR count). The zero-order chi connectivity index (χ0) is 26.2. The number of aromatic amines is 1. The molecule has 2 heterocycles. The molecule has 1 aliphatic carbocycles. The van der Waals surface area contributed by atoms with Gasteiger partial charge in [0.05, 0.1) is 32.1 Å². The van der Waals surface area contributed by atoms with E-state index in [1.807, 2.05) is 0 Å². The Labute approximate surface area is 224 Å². The first-order valence-corrected chi connectivity index (χ1v) is 13.7. The predicted molar refractivity (Wildman–Crippen MR) is 145 cm³/mol. The van der Waals surface area contributed by atoms with Crippen LogP contribution in [0.3, 0.4) is 0 Å². The number of nitrogens with one attached hydrogen (secondary N) is 1. The van der Waals surface area contributed by atoms with Crippen molar-refractivity contribution in [3.8, 4) is 11.5 Å². The van der Waals surface area contributed by atoms with Crippen LogP contribution in [0.2, 0.25) is 0 Å². The molecule has 0 saturated heterocycles. The summed E-state index contributed by atoms with van der Waals surface area (Å²) in [4.78, 5) is 2.40. The highest BCUT2D eigenvalue weighted by molar-refractivity contribution is 5.61. The van der Waals surface area contributed by atoms with E-state index in [2.05, 4.69) is 68.0 Å². The van der Waals surface area contributed by atoms with E-state index in [1.54, 1.807) is 14.2 Å². The number of hydrogen-bond acceptors (Lipinski definition) is 8. The molecule has 0 radical (unpaired) electrons. The second-order valence-electron chi connectivity index (χ2n) is 10.3. The molecule has 2 aliphatic rings. The van der Waals surface area contributed by atoms with Crippen LogP contribution in [-0.2, 0) is 22.5 Å². The highest BCUT2D eigenvalue weighted by atomic mass is 16.5. The second-order valence-corrected chi connectivity index (χ2v) is 10.3. The number of ether oxygens (including phenoxy) is 4. The summed E-state index contributed by atoms with van der Waals surface area (Å²) >= 11 is 0. The van der Waals surface area contributed by atoms with Gasteiger partial charge in [0, 0.05) is 32.6 Å². The Morgan fingerprint density at radius 1 is 1.11 bits per heavy atom. The molecular formula is C29H39N5O4. The first-order valence-electron chi connectivity index (χ1n) is 13.7. The number of rotatable bonds is 12. The van der Waals surface area contributed by atoms with Gasteiger partial charge in [-0.1, -0.05) is 23.4 Å². The smallest absolute Gasteiger partial charge is 0.174 e. The summed E-state index contributed by atoms with van der Waals surface area (Å²) in [6, 6.07) is 14.9. The van der Waals surface area contributed by atoms with Gasteiger partial charge in [-0.2, -0.15) is 5.21 Å². The van der Waals surface area contributed by atoms with Gasteiger partial charge in [-0.3, -0.25) is 0 Å². The van der Waals surface area contributed by atoms with E-state index in [0.29, 0.717) is 18.4 Å². The van der Waals surface area contributed by atoms with Crippen molar-refractivity contribution in [1.82, 2.24) is 20.6 Å². The predicted octanol–water partition coefficient (Wildman–Crippen LogP) is 4.55. The first-order chi connectivity index (χ1) is 18.7. The minimum Gasteiger partial charge on any atom is -0.497 e. The zero-order valence-corrected chi connectivity index (χ0v) is 22.5.